The minimum absolute atomic E-state index is 0.366. The number of carboxylic acids is 1. The average Bonchev–Trinajstić information content (AvgIpc) is 2.18. The van der Waals surface area contributed by atoms with Crippen LogP contribution in [0.5, 0.6) is 0 Å². The molecule has 1 aliphatic heterocycles. The van der Waals surface area contributed by atoms with E-state index in [1.807, 2.05) is 0 Å². The Hall–Kier alpha value is -0.910. The van der Waals surface area contributed by atoms with Gasteiger partial charge in [-0.25, -0.2) is 4.90 Å². The molecule has 0 aromatic heterocycles. The Bertz CT molecular complexity index is 179. The van der Waals surface area contributed by atoms with Gasteiger partial charge in [-0.05, 0) is 12.2 Å². The number of hydrogen-bond acceptors (Lipinski definition) is 4. The highest BCUT2D eigenvalue weighted by Crippen LogP contribution is 2.11. The molecule has 0 radical (unpaired) electrons. The number of aliphatic hydroxyl groups excluding tert-OH is 2. The fourth-order valence-corrected chi connectivity index (χ4v) is 0.920. The second-order valence-electron chi connectivity index (χ2n) is 2.28. The van der Waals surface area contributed by atoms with E-state index in [2.05, 4.69) is 0 Å². The number of carboxylic acid groups (broad SMARTS) is 1. The average molecular weight is 159 g/mol. The largest absolute Gasteiger partial charge is 0.480 e. The fraction of sp³-hybridized carbons (Fsp3) is 0.500. The normalized spacial score (nSPS) is 31.1. The maximum absolute atomic E-state index is 10.2. The lowest BCUT2D eigenvalue weighted by molar-refractivity contribution is -0.144. The van der Waals surface area contributed by atoms with Gasteiger partial charge in [0, 0.05) is 0 Å². The van der Waals surface area contributed by atoms with E-state index in [0.29, 0.717) is 0 Å². The van der Waals surface area contributed by atoms with Crippen LogP contribution in [-0.2, 0) is 4.79 Å². The minimum atomic E-state index is -1.08. The highest BCUT2D eigenvalue weighted by Gasteiger charge is 2.26. The van der Waals surface area contributed by atoms with E-state index in [0.717, 1.165) is 4.90 Å². The first-order valence-corrected chi connectivity index (χ1v) is 3.13. The van der Waals surface area contributed by atoms with Crippen LogP contribution in [0.15, 0.2) is 12.2 Å². The zero-order chi connectivity index (χ0) is 8.43. The van der Waals surface area contributed by atoms with Gasteiger partial charge in [-0.15, -0.1) is 0 Å². The Labute approximate surface area is 63.2 Å². The van der Waals surface area contributed by atoms with Crippen molar-refractivity contribution >= 4 is 5.97 Å². The van der Waals surface area contributed by atoms with Gasteiger partial charge in [0.05, 0.1) is 0 Å². The monoisotopic (exact) mass is 159 g/mol. The topological polar surface area (TPSA) is 81.0 Å². The second-order valence-corrected chi connectivity index (χ2v) is 2.28. The SMILES string of the molecule is O=C(O)CN1C(O)C=CC1O. The van der Waals surface area contributed by atoms with E-state index in [-0.39, 0.29) is 6.54 Å². The molecule has 2 unspecified atom stereocenters. The molecule has 0 saturated carbocycles. The van der Waals surface area contributed by atoms with Crippen molar-refractivity contribution in [1.29, 1.82) is 0 Å². The molecule has 0 aromatic rings. The van der Waals surface area contributed by atoms with E-state index >= 15 is 0 Å². The van der Waals surface area contributed by atoms with Gasteiger partial charge in [0.15, 0.2) is 0 Å². The van der Waals surface area contributed by atoms with Crippen molar-refractivity contribution in [2.45, 2.75) is 12.5 Å². The number of hydrogen-bond donors (Lipinski definition) is 3. The highest BCUT2D eigenvalue weighted by molar-refractivity contribution is 5.69. The number of aliphatic carboxylic acids is 1. The Morgan fingerprint density at radius 2 is 1.82 bits per heavy atom. The molecule has 1 heterocycles. The van der Waals surface area contributed by atoms with Crippen LogP contribution in [0.25, 0.3) is 0 Å². The van der Waals surface area contributed by atoms with Crippen LogP contribution in [0, 0.1) is 0 Å². The van der Waals surface area contributed by atoms with Gasteiger partial charge in [-0.3, -0.25) is 4.79 Å². The maximum atomic E-state index is 10.2. The summed E-state index contributed by atoms with van der Waals surface area (Å²) in [7, 11) is 0. The van der Waals surface area contributed by atoms with Crippen molar-refractivity contribution < 1.29 is 20.1 Å². The fourth-order valence-electron chi connectivity index (χ4n) is 0.920. The maximum Gasteiger partial charge on any atom is 0.317 e. The number of rotatable bonds is 2. The molecule has 0 bridgehead atoms. The Balaban J connectivity index is 2.52. The molecule has 0 saturated heterocycles. The third-order valence-electron chi connectivity index (χ3n) is 1.45. The lowest BCUT2D eigenvalue weighted by atomic mass is 10.5. The van der Waals surface area contributed by atoms with Crippen molar-refractivity contribution in [2.24, 2.45) is 0 Å². The minimum Gasteiger partial charge on any atom is -0.480 e. The van der Waals surface area contributed by atoms with Gasteiger partial charge in [-0.1, -0.05) is 0 Å². The number of nitrogens with zero attached hydrogens (tertiary/aromatic N) is 1. The zero-order valence-corrected chi connectivity index (χ0v) is 5.71. The van der Waals surface area contributed by atoms with Crippen LogP contribution in [0.4, 0.5) is 0 Å². The zero-order valence-electron chi connectivity index (χ0n) is 5.71. The van der Waals surface area contributed by atoms with Crippen LogP contribution < -0.4 is 0 Å². The summed E-state index contributed by atoms with van der Waals surface area (Å²) in [6, 6.07) is 0. The van der Waals surface area contributed by atoms with Crippen molar-refractivity contribution in [2.75, 3.05) is 6.54 Å². The van der Waals surface area contributed by atoms with Crippen LogP contribution in [0.2, 0.25) is 0 Å². The summed E-state index contributed by atoms with van der Waals surface area (Å²) in [4.78, 5) is 11.2. The van der Waals surface area contributed by atoms with Crippen molar-refractivity contribution in [3.05, 3.63) is 12.2 Å². The Morgan fingerprint density at radius 3 is 2.18 bits per heavy atom. The molecule has 0 spiro atoms. The standard InChI is InChI=1S/C6H9NO4/c8-4-1-2-5(9)7(4)3-6(10)11/h1-2,4-5,8-9H,3H2,(H,10,11). The molecule has 0 aliphatic carbocycles. The van der Waals surface area contributed by atoms with Crippen molar-refractivity contribution in [1.82, 2.24) is 4.90 Å². The summed E-state index contributed by atoms with van der Waals surface area (Å²) in [5.41, 5.74) is 0. The molecular formula is C6H9NO4. The summed E-state index contributed by atoms with van der Waals surface area (Å²) >= 11 is 0. The summed E-state index contributed by atoms with van der Waals surface area (Å²) in [6.07, 6.45) is 0.712. The van der Waals surface area contributed by atoms with Crippen molar-refractivity contribution in [3.63, 3.8) is 0 Å². The lowest BCUT2D eigenvalue weighted by Crippen LogP contribution is -2.40. The Morgan fingerprint density at radius 1 is 1.36 bits per heavy atom. The first-order valence-electron chi connectivity index (χ1n) is 3.13. The molecular weight excluding hydrogens is 150 g/mol. The first kappa shape index (κ1) is 8.19. The van der Waals surface area contributed by atoms with Gasteiger partial charge in [0.1, 0.15) is 19.0 Å². The van der Waals surface area contributed by atoms with Crippen LogP contribution in [0.1, 0.15) is 0 Å². The van der Waals surface area contributed by atoms with Crippen LogP contribution in [-0.4, -0.2) is 45.2 Å². The summed E-state index contributed by atoms with van der Waals surface area (Å²) in [5.74, 6) is -1.08. The highest BCUT2D eigenvalue weighted by atomic mass is 16.4. The van der Waals surface area contributed by atoms with Crippen molar-refractivity contribution in [3.8, 4) is 0 Å². The molecule has 11 heavy (non-hydrogen) atoms. The number of aliphatic hydroxyl groups is 2. The molecule has 5 nitrogen and oxygen atoms in total. The molecule has 2 atom stereocenters. The first-order chi connectivity index (χ1) is 5.11. The smallest absolute Gasteiger partial charge is 0.317 e. The summed E-state index contributed by atoms with van der Waals surface area (Å²) < 4.78 is 0. The third kappa shape index (κ3) is 1.76. The van der Waals surface area contributed by atoms with Gasteiger partial charge in [-0.2, -0.15) is 0 Å². The molecule has 0 fully saturated rings. The Kier molecular flexibility index (Phi) is 2.23. The van der Waals surface area contributed by atoms with Gasteiger partial charge < -0.3 is 15.3 Å². The molecule has 62 valence electrons. The van der Waals surface area contributed by atoms with Gasteiger partial charge >= 0.3 is 5.97 Å². The van der Waals surface area contributed by atoms with E-state index in [4.69, 9.17) is 15.3 Å². The second kappa shape index (κ2) is 3.00. The van der Waals surface area contributed by atoms with E-state index < -0.39 is 18.4 Å². The summed E-state index contributed by atoms with van der Waals surface area (Å²) in [6.45, 7) is -0.366. The molecule has 5 heteroatoms. The predicted octanol–water partition coefficient (Wildman–Crippen LogP) is -1.42. The molecule has 0 amide bonds. The van der Waals surface area contributed by atoms with Crippen LogP contribution in [0.3, 0.4) is 0 Å². The molecule has 1 rings (SSSR count). The summed E-state index contributed by atoms with van der Waals surface area (Å²) in [5, 5.41) is 26.4. The molecule has 1 aliphatic rings. The molecule has 3 N–H and O–H groups in total. The predicted molar refractivity (Wildman–Crippen MR) is 35.5 cm³/mol. The van der Waals surface area contributed by atoms with Crippen LogP contribution >= 0.6 is 0 Å². The van der Waals surface area contributed by atoms with Gasteiger partial charge in [0.2, 0.25) is 0 Å². The van der Waals surface area contributed by atoms with E-state index in [1.165, 1.54) is 12.2 Å². The molecule has 0 aromatic carbocycles. The van der Waals surface area contributed by atoms with Gasteiger partial charge in [0.25, 0.3) is 0 Å². The van der Waals surface area contributed by atoms with E-state index in [1.54, 1.807) is 0 Å². The quantitative estimate of drug-likeness (QED) is 0.431. The number of carbonyl (C=O) groups is 1. The lowest BCUT2D eigenvalue weighted by Gasteiger charge is -2.20. The third-order valence-corrected chi connectivity index (χ3v) is 1.45. The van der Waals surface area contributed by atoms with E-state index in [9.17, 15) is 4.79 Å².